The first-order valence-electron chi connectivity index (χ1n) is 7.37. The monoisotopic (exact) mass is 272 g/mol. The van der Waals surface area contributed by atoms with Crippen molar-refractivity contribution < 1.29 is 4.79 Å². The highest BCUT2D eigenvalue weighted by molar-refractivity contribution is 5.80. The molecular formula is C15H20N4O. The second-order valence-corrected chi connectivity index (χ2v) is 5.38. The zero-order valence-corrected chi connectivity index (χ0v) is 11.8. The Balaban J connectivity index is 1.78. The number of hydrogen-bond acceptors (Lipinski definition) is 3. The summed E-state index contributed by atoms with van der Waals surface area (Å²) in [7, 11) is 0. The molecule has 0 aliphatic carbocycles. The molecule has 0 bridgehead atoms. The molecule has 2 aromatic rings. The van der Waals surface area contributed by atoms with Gasteiger partial charge in [-0.05, 0) is 37.8 Å². The van der Waals surface area contributed by atoms with Crippen LogP contribution in [0.3, 0.4) is 0 Å². The lowest BCUT2D eigenvalue weighted by Crippen LogP contribution is -2.44. The van der Waals surface area contributed by atoms with E-state index in [1.807, 2.05) is 29.2 Å². The molecule has 1 aliphatic heterocycles. The van der Waals surface area contributed by atoms with Gasteiger partial charge >= 0.3 is 0 Å². The summed E-state index contributed by atoms with van der Waals surface area (Å²) in [5.74, 6) is 0.159. The van der Waals surface area contributed by atoms with Crippen LogP contribution in [0, 0.1) is 0 Å². The topological polar surface area (TPSA) is 51.0 Å². The van der Waals surface area contributed by atoms with Gasteiger partial charge in [-0.15, -0.1) is 5.10 Å². The van der Waals surface area contributed by atoms with Crippen molar-refractivity contribution in [3.05, 3.63) is 24.3 Å². The van der Waals surface area contributed by atoms with E-state index in [2.05, 4.69) is 17.2 Å². The van der Waals surface area contributed by atoms with Crippen molar-refractivity contribution in [2.24, 2.45) is 0 Å². The lowest BCUT2D eigenvalue weighted by molar-refractivity contribution is -0.135. The Morgan fingerprint density at radius 3 is 3.05 bits per heavy atom. The number of amides is 1. The van der Waals surface area contributed by atoms with Crippen LogP contribution in [0.4, 0.5) is 0 Å². The van der Waals surface area contributed by atoms with E-state index in [1.165, 1.54) is 6.42 Å². The van der Waals surface area contributed by atoms with E-state index in [1.54, 1.807) is 4.68 Å². The van der Waals surface area contributed by atoms with E-state index >= 15 is 0 Å². The van der Waals surface area contributed by atoms with E-state index in [4.69, 9.17) is 0 Å². The van der Waals surface area contributed by atoms with Crippen molar-refractivity contribution in [1.82, 2.24) is 19.9 Å². The molecule has 0 saturated carbocycles. The summed E-state index contributed by atoms with van der Waals surface area (Å²) in [6, 6.07) is 8.14. The lowest BCUT2D eigenvalue weighted by Gasteiger charge is -2.35. The predicted molar refractivity (Wildman–Crippen MR) is 77.2 cm³/mol. The van der Waals surface area contributed by atoms with E-state index in [9.17, 15) is 4.79 Å². The second-order valence-electron chi connectivity index (χ2n) is 5.38. The molecular weight excluding hydrogens is 252 g/mol. The number of aromatic nitrogens is 3. The highest BCUT2D eigenvalue weighted by atomic mass is 16.2. The summed E-state index contributed by atoms with van der Waals surface area (Å²) in [6.45, 7) is 3.32. The van der Waals surface area contributed by atoms with Crippen molar-refractivity contribution in [3.8, 4) is 0 Å². The minimum Gasteiger partial charge on any atom is -0.338 e. The van der Waals surface area contributed by atoms with E-state index in [0.29, 0.717) is 6.04 Å². The zero-order chi connectivity index (χ0) is 13.9. The molecule has 106 valence electrons. The highest BCUT2D eigenvalue weighted by Crippen LogP contribution is 2.20. The SMILES string of the molecule is CCC1CCCCN1C(=O)Cn1nnc2ccccc21. The van der Waals surface area contributed by atoms with Crippen molar-refractivity contribution >= 4 is 16.9 Å². The molecule has 20 heavy (non-hydrogen) atoms. The number of benzene rings is 1. The maximum Gasteiger partial charge on any atom is 0.244 e. The molecule has 0 radical (unpaired) electrons. The Morgan fingerprint density at radius 2 is 2.20 bits per heavy atom. The van der Waals surface area contributed by atoms with Gasteiger partial charge < -0.3 is 4.90 Å². The van der Waals surface area contributed by atoms with Gasteiger partial charge in [0.15, 0.2) is 0 Å². The van der Waals surface area contributed by atoms with Crippen molar-refractivity contribution in [2.75, 3.05) is 6.54 Å². The van der Waals surface area contributed by atoms with Gasteiger partial charge in [0, 0.05) is 12.6 Å². The molecule has 1 aromatic heterocycles. The highest BCUT2D eigenvalue weighted by Gasteiger charge is 2.25. The number of carbonyl (C=O) groups excluding carboxylic acids is 1. The van der Waals surface area contributed by atoms with Crippen molar-refractivity contribution in [3.63, 3.8) is 0 Å². The third-order valence-corrected chi connectivity index (χ3v) is 4.12. The average Bonchev–Trinajstić information content (AvgIpc) is 2.90. The quantitative estimate of drug-likeness (QED) is 0.861. The van der Waals surface area contributed by atoms with Gasteiger partial charge in [0.25, 0.3) is 0 Å². The van der Waals surface area contributed by atoms with Crippen LogP contribution in [0.5, 0.6) is 0 Å². The maximum atomic E-state index is 12.5. The predicted octanol–water partition coefficient (Wildman–Crippen LogP) is 2.22. The van der Waals surface area contributed by atoms with Gasteiger partial charge in [0.1, 0.15) is 12.1 Å². The fraction of sp³-hybridized carbons (Fsp3) is 0.533. The molecule has 1 atom stereocenters. The number of likely N-dealkylation sites (tertiary alicyclic amines) is 1. The molecule has 1 fully saturated rings. The van der Waals surface area contributed by atoms with Crippen molar-refractivity contribution in [2.45, 2.75) is 45.2 Å². The van der Waals surface area contributed by atoms with E-state index in [-0.39, 0.29) is 12.5 Å². The molecule has 0 N–H and O–H groups in total. The summed E-state index contributed by atoms with van der Waals surface area (Å²) in [6.07, 6.45) is 4.50. The molecule has 0 spiro atoms. The van der Waals surface area contributed by atoms with Crippen molar-refractivity contribution in [1.29, 1.82) is 0 Å². The zero-order valence-electron chi connectivity index (χ0n) is 11.8. The first-order chi connectivity index (χ1) is 9.79. The van der Waals surface area contributed by atoms with Gasteiger partial charge in [-0.3, -0.25) is 4.79 Å². The fourth-order valence-corrected chi connectivity index (χ4v) is 3.01. The average molecular weight is 272 g/mol. The fourth-order valence-electron chi connectivity index (χ4n) is 3.01. The standard InChI is InChI=1S/C15H20N4O/c1-2-12-7-5-6-10-18(12)15(20)11-19-14-9-4-3-8-13(14)16-17-19/h3-4,8-9,12H,2,5-7,10-11H2,1H3. The number of hydrogen-bond donors (Lipinski definition) is 0. The van der Waals surface area contributed by atoms with Crippen LogP contribution >= 0.6 is 0 Å². The number of fused-ring (bicyclic) bond motifs is 1. The number of para-hydroxylation sites is 1. The molecule has 5 heteroatoms. The van der Waals surface area contributed by atoms with Gasteiger partial charge in [0.2, 0.25) is 5.91 Å². The number of nitrogens with zero attached hydrogens (tertiary/aromatic N) is 4. The summed E-state index contributed by atoms with van der Waals surface area (Å²) in [5.41, 5.74) is 1.76. The molecule has 1 saturated heterocycles. The number of rotatable bonds is 3. The van der Waals surface area contributed by atoms with Crippen LogP contribution in [0.25, 0.3) is 11.0 Å². The molecule has 1 amide bonds. The first-order valence-corrected chi connectivity index (χ1v) is 7.37. The van der Waals surface area contributed by atoms with Crippen LogP contribution in [0.15, 0.2) is 24.3 Å². The number of carbonyl (C=O) groups is 1. The van der Waals surface area contributed by atoms with E-state index < -0.39 is 0 Å². The molecule has 2 heterocycles. The van der Waals surface area contributed by atoms with Crippen LogP contribution in [-0.4, -0.2) is 38.4 Å². The second kappa shape index (κ2) is 5.61. The van der Waals surface area contributed by atoms with Crippen LogP contribution < -0.4 is 0 Å². The molecule has 1 aromatic carbocycles. The summed E-state index contributed by atoms with van der Waals surface area (Å²) >= 11 is 0. The lowest BCUT2D eigenvalue weighted by atomic mass is 10.00. The van der Waals surface area contributed by atoms with Gasteiger partial charge in [-0.2, -0.15) is 0 Å². The largest absolute Gasteiger partial charge is 0.338 e. The molecule has 1 aliphatic rings. The van der Waals surface area contributed by atoms with Crippen LogP contribution in [0.1, 0.15) is 32.6 Å². The summed E-state index contributed by atoms with van der Waals surface area (Å²) in [4.78, 5) is 14.5. The van der Waals surface area contributed by atoms with Gasteiger partial charge in [-0.25, -0.2) is 4.68 Å². The first kappa shape index (κ1) is 13.1. The van der Waals surface area contributed by atoms with Crippen LogP contribution in [0.2, 0.25) is 0 Å². The third kappa shape index (κ3) is 2.40. The normalized spacial score (nSPS) is 19.4. The van der Waals surface area contributed by atoms with Crippen LogP contribution in [-0.2, 0) is 11.3 Å². The summed E-state index contributed by atoms with van der Waals surface area (Å²) < 4.78 is 1.71. The molecule has 3 rings (SSSR count). The summed E-state index contributed by atoms with van der Waals surface area (Å²) in [5, 5.41) is 8.20. The Labute approximate surface area is 118 Å². The maximum absolute atomic E-state index is 12.5. The smallest absolute Gasteiger partial charge is 0.244 e. The Hall–Kier alpha value is -1.91. The Morgan fingerprint density at radius 1 is 1.35 bits per heavy atom. The Bertz CT molecular complexity index is 607. The minimum absolute atomic E-state index is 0.159. The van der Waals surface area contributed by atoms with E-state index in [0.717, 1.165) is 36.8 Å². The molecule has 5 nitrogen and oxygen atoms in total. The third-order valence-electron chi connectivity index (χ3n) is 4.12. The van der Waals surface area contributed by atoms with Gasteiger partial charge in [0.05, 0.1) is 5.52 Å². The number of piperidine rings is 1. The van der Waals surface area contributed by atoms with Gasteiger partial charge in [-0.1, -0.05) is 24.3 Å². The Kier molecular flexibility index (Phi) is 3.67. The minimum atomic E-state index is 0.159. The molecule has 1 unspecified atom stereocenters.